The Labute approximate surface area is 223 Å². The molecule has 1 heterocycles. The first-order valence-electron chi connectivity index (χ1n) is 12.0. The number of hydrogen-bond donors (Lipinski definition) is 0. The average Bonchev–Trinajstić information content (AvgIpc) is 3.16. The maximum absolute atomic E-state index is 13.8. The van der Waals surface area contributed by atoms with Gasteiger partial charge in [-0.1, -0.05) is 25.4 Å². The summed E-state index contributed by atoms with van der Waals surface area (Å²) in [6, 6.07) is 10.9. The number of rotatable bonds is 12. The molecule has 196 valence electrons. The SMILES string of the molecule is CCCN(CC(CC)Oc1ccc(OC(C)(C)C=O)c(C)c1)S(=O)(=O)c1sc2ccc(Cl)cc2c1C. The molecule has 6 nitrogen and oxygen atoms in total. The maximum Gasteiger partial charge on any atom is 0.252 e. The number of nitrogens with zero attached hydrogens (tertiary/aromatic N) is 1. The Hall–Kier alpha value is -2.13. The van der Waals surface area contributed by atoms with Crippen molar-refractivity contribution < 1.29 is 22.7 Å². The summed E-state index contributed by atoms with van der Waals surface area (Å²) in [5, 5.41) is 1.44. The minimum atomic E-state index is -3.73. The first kappa shape index (κ1) is 28.4. The highest BCUT2D eigenvalue weighted by Crippen LogP contribution is 2.37. The van der Waals surface area contributed by atoms with Crippen molar-refractivity contribution in [2.75, 3.05) is 13.1 Å². The first-order valence-corrected chi connectivity index (χ1v) is 14.7. The molecule has 0 aliphatic heterocycles. The largest absolute Gasteiger partial charge is 0.489 e. The third kappa shape index (κ3) is 6.40. The quantitative estimate of drug-likeness (QED) is 0.232. The molecule has 0 saturated carbocycles. The number of benzene rings is 2. The van der Waals surface area contributed by atoms with Crippen molar-refractivity contribution in [3.63, 3.8) is 0 Å². The molecule has 0 aliphatic rings. The van der Waals surface area contributed by atoms with Crippen molar-refractivity contribution in [2.45, 2.75) is 70.3 Å². The maximum atomic E-state index is 13.8. The topological polar surface area (TPSA) is 72.9 Å². The van der Waals surface area contributed by atoms with E-state index in [9.17, 15) is 13.2 Å². The fraction of sp³-hybridized carbons (Fsp3) is 0.444. The number of hydrogen-bond acceptors (Lipinski definition) is 6. The highest BCUT2D eigenvalue weighted by molar-refractivity contribution is 7.91. The van der Waals surface area contributed by atoms with Crippen LogP contribution < -0.4 is 9.47 Å². The highest BCUT2D eigenvalue weighted by Gasteiger charge is 2.31. The van der Waals surface area contributed by atoms with Gasteiger partial charge in [0.1, 0.15) is 21.8 Å². The second kappa shape index (κ2) is 11.5. The second-order valence-electron chi connectivity index (χ2n) is 9.42. The van der Waals surface area contributed by atoms with Gasteiger partial charge < -0.3 is 9.47 Å². The van der Waals surface area contributed by atoms with Gasteiger partial charge in [-0.25, -0.2) is 8.42 Å². The summed E-state index contributed by atoms with van der Waals surface area (Å²) in [7, 11) is -3.73. The standard InChI is InChI=1S/C27H34ClNO5S2/c1-7-13-29(36(31,32)26-19(4)23-15-20(28)9-12-25(23)35-26)16-21(8-2)33-22-10-11-24(18(3)14-22)34-27(5,6)17-30/h9-12,14-15,17,21H,7-8,13,16H2,1-6H3. The molecule has 3 aromatic rings. The number of carbonyl (C=O) groups excluding carboxylic acids is 1. The van der Waals surface area contributed by atoms with Crippen LogP contribution in [-0.4, -0.2) is 43.8 Å². The molecule has 0 spiro atoms. The van der Waals surface area contributed by atoms with Crippen molar-refractivity contribution >= 4 is 49.3 Å². The van der Waals surface area contributed by atoms with Crippen LogP contribution in [0.4, 0.5) is 0 Å². The number of carbonyl (C=O) groups is 1. The molecule has 36 heavy (non-hydrogen) atoms. The van der Waals surface area contributed by atoms with Gasteiger partial charge in [0.2, 0.25) is 0 Å². The molecular weight excluding hydrogens is 518 g/mol. The number of halogens is 1. The molecule has 0 amide bonds. The molecule has 3 rings (SSSR count). The molecule has 0 fully saturated rings. The molecule has 1 aromatic heterocycles. The Bertz CT molecular complexity index is 1330. The second-order valence-corrected chi connectivity index (χ2v) is 13.0. The Morgan fingerprint density at radius 2 is 1.86 bits per heavy atom. The van der Waals surface area contributed by atoms with Gasteiger partial charge in [0.05, 0.1) is 6.54 Å². The molecule has 0 aliphatic carbocycles. The van der Waals surface area contributed by atoms with Gasteiger partial charge in [0, 0.05) is 16.3 Å². The molecule has 0 radical (unpaired) electrons. The predicted molar refractivity (Wildman–Crippen MR) is 147 cm³/mol. The molecule has 0 saturated heterocycles. The summed E-state index contributed by atoms with van der Waals surface area (Å²) in [5.41, 5.74) is 0.622. The predicted octanol–water partition coefficient (Wildman–Crippen LogP) is 6.79. The van der Waals surface area contributed by atoms with Crippen LogP contribution in [0.15, 0.2) is 40.6 Å². The monoisotopic (exact) mass is 551 g/mol. The number of ether oxygens (including phenoxy) is 2. The van der Waals surface area contributed by atoms with Crippen LogP contribution in [0, 0.1) is 13.8 Å². The van der Waals surface area contributed by atoms with Crippen LogP contribution in [0.25, 0.3) is 10.1 Å². The Morgan fingerprint density at radius 3 is 2.47 bits per heavy atom. The molecule has 2 aromatic carbocycles. The van der Waals surface area contributed by atoms with Crippen LogP contribution in [0.2, 0.25) is 5.02 Å². The van der Waals surface area contributed by atoms with Crippen LogP contribution in [0.1, 0.15) is 51.7 Å². The fourth-order valence-electron chi connectivity index (χ4n) is 3.88. The van der Waals surface area contributed by atoms with E-state index in [1.807, 2.05) is 45.9 Å². The lowest BCUT2D eigenvalue weighted by Gasteiger charge is -2.27. The van der Waals surface area contributed by atoms with Gasteiger partial charge >= 0.3 is 0 Å². The Kier molecular flexibility index (Phi) is 9.09. The van der Waals surface area contributed by atoms with E-state index in [-0.39, 0.29) is 12.6 Å². The summed E-state index contributed by atoms with van der Waals surface area (Å²) in [5.74, 6) is 1.22. The normalized spacial score (nSPS) is 13.2. The number of aryl methyl sites for hydroxylation is 2. The molecule has 0 N–H and O–H groups in total. The molecule has 0 bridgehead atoms. The summed E-state index contributed by atoms with van der Waals surface area (Å²) < 4.78 is 42.3. The lowest BCUT2D eigenvalue weighted by molar-refractivity contribution is -0.119. The lowest BCUT2D eigenvalue weighted by Crippen LogP contribution is -2.40. The number of sulfonamides is 1. The van der Waals surface area contributed by atoms with Crippen molar-refractivity contribution in [1.29, 1.82) is 0 Å². The van der Waals surface area contributed by atoms with Crippen LogP contribution >= 0.6 is 22.9 Å². The minimum Gasteiger partial charge on any atom is -0.489 e. The van der Waals surface area contributed by atoms with E-state index in [1.165, 1.54) is 15.6 Å². The van der Waals surface area contributed by atoms with Crippen molar-refractivity contribution in [3.8, 4) is 11.5 Å². The summed E-state index contributed by atoms with van der Waals surface area (Å²) in [4.78, 5) is 11.2. The zero-order valence-corrected chi connectivity index (χ0v) is 24.0. The summed E-state index contributed by atoms with van der Waals surface area (Å²) >= 11 is 7.43. The van der Waals surface area contributed by atoms with Crippen LogP contribution in [0.5, 0.6) is 11.5 Å². The van der Waals surface area contributed by atoms with Crippen LogP contribution in [0.3, 0.4) is 0 Å². The van der Waals surface area contributed by atoms with Gasteiger partial charge in [-0.2, -0.15) is 4.31 Å². The van der Waals surface area contributed by atoms with E-state index in [0.717, 1.165) is 27.5 Å². The van der Waals surface area contributed by atoms with Gasteiger partial charge in [-0.15, -0.1) is 11.3 Å². The minimum absolute atomic E-state index is 0.233. The zero-order chi connectivity index (χ0) is 26.7. The van der Waals surface area contributed by atoms with Crippen molar-refractivity contribution in [3.05, 3.63) is 52.5 Å². The smallest absolute Gasteiger partial charge is 0.252 e. The van der Waals surface area contributed by atoms with E-state index < -0.39 is 15.6 Å². The zero-order valence-electron chi connectivity index (χ0n) is 21.6. The third-order valence-electron chi connectivity index (χ3n) is 5.87. The van der Waals surface area contributed by atoms with Crippen molar-refractivity contribution in [1.82, 2.24) is 4.31 Å². The average molecular weight is 552 g/mol. The highest BCUT2D eigenvalue weighted by atomic mass is 35.5. The van der Waals surface area contributed by atoms with Crippen LogP contribution in [-0.2, 0) is 14.8 Å². The van der Waals surface area contributed by atoms with E-state index in [2.05, 4.69) is 0 Å². The first-order chi connectivity index (χ1) is 16.9. The lowest BCUT2D eigenvalue weighted by atomic mass is 10.1. The van der Waals surface area contributed by atoms with E-state index in [1.54, 1.807) is 32.0 Å². The number of aldehydes is 1. The molecular formula is C27H34ClNO5S2. The number of fused-ring (bicyclic) bond motifs is 1. The third-order valence-corrected chi connectivity index (χ3v) is 9.84. The Balaban J connectivity index is 1.84. The van der Waals surface area contributed by atoms with E-state index in [4.69, 9.17) is 21.1 Å². The Morgan fingerprint density at radius 1 is 1.14 bits per heavy atom. The molecule has 1 unspecified atom stereocenters. The van der Waals surface area contributed by atoms with E-state index in [0.29, 0.717) is 40.1 Å². The summed E-state index contributed by atoms with van der Waals surface area (Å²) in [6.45, 7) is 11.7. The number of thiophene rings is 1. The molecule has 1 atom stereocenters. The van der Waals surface area contributed by atoms with Gasteiger partial charge in [-0.3, -0.25) is 4.79 Å². The van der Waals surface area contributed by atoms with E-state index >= 15 is 0 Å². The van der Waals surface area contributed by atoms with Gasteiger partial charge in [-0.05, 0) is 93.4 Å². The fourth-order valence-corrected chi connectivity index (χ4v) is 7.50. The molecule has 9 heteroatoms. The summed E-state index contributed by atoms with van der Waals surface area (Å²) in [6.07, 6.45) is 1.74. The van der Waals surface area contributed by atoms with Crippen molar-refractivity contribution in [2.24, 2.45) is 0 Å². The van der Waals surface area contributed by atoms with Gasteiger partial charge in [0.15, 0.2) is 11.9 Å². The van der Waals surface area contributed by atoms with Gasteiger partial charge in [0.25, 0.3) is 10.0 Å².